The number of nitrogens with one attached hydrogen (secondary N) is 1. The summed E-state index contributed by atoms with van der Waals surface area (Å²) in [6.45, 7) is -1.22. The molecule has 0 aliphatic heterocycles. The molecule has 0 aliphatic carbocycles. The van der Waals surface area contributed by atoms with Crippen molar-refractivity contribution in [2.75, 3.05) is 5.32 Å². The molecule has 3 rings (SSSR count). The third kappa shape index (κ3) is 3.26. The Bertz CT molecular complexity index is 908. The SMILES string of the molecule is Cc1c(C(=O)Nc2ccccc2OC(F)F)oc2ccc(Br)cc12. The topological polar surface area (TPSA) is 51.5 Å². The smallest absolute Gasteiger partial charge is 0.387 e. The summed E-state index contributed by atoms with van der Waals surface area (Å²) >= 11 is 3.37. The summed E-state index contributed by atoms with van der Waals surface area (Å²) in [4.78, 5) is 12.5. The molecule has 1 amide bonds. The van der Waals surface area contributed by atoms with Gasteiger partial charge in [-0.2, -0.15) is 8.78 Å². The summed E-state index contributed by atoms with van der Waals surface area (Å²) in [6.07, 6.45) is 0. The average Bonchev–Trinajstić information content (AvgIpc) is 2.85. The number of benzene rings is 2. The first-order valence-corrected chi connectivity index (χ1v) is 7.79. The van der Waals surface area contributed by atoms with Gasteiger partial charge in [-0.25, -0.2) is 0 Å². The largest absolute Gasteiger partial charge is 0.451 e. The summed E-state index contributed by atoms with van der Waals surface area (Å²) in [5, 5.41) is 3.34. The summed E-state index contributed by atoms with van der Waals surface area (Å²) < 4.78 is 35.7. The molecule has 2 aromatic carbocycles. The lowest BCUT2D eigenvalue weighted by Crippen LogP contribution is -2.14. The van der Waals surface area contributed by atoms with Gasteiger partial charge < -0.3 is 14.5 Å². The molecule has 124 valence electrons. The molecule has 1 aromatic heterocycles. The van der Waals surface area contributed by atoms with Crippen molar-refractivity contribution in [3.8, 4) is 5.75 Å². The van der Waals surface area contributed by atoms with Gasteiger partial charge in [-0.1, -0.05) is 28.1 Å². The predicted molar refractivity (Wildman–Crippen MR) is 89.7 cm³/mol. The van der Waals surface area contributed by atoms with Gasteiger partial charge >= 0.3 is 6.61 Å². The van der Waals surface area contributed by atoms with Gasteiger partial charge in [-0.15, -0.1) is 0 Å². The summed E-state index contributed by atoms with van der Waals surface area (Å²) in [6, 6.07) is 11.4. The number of fused-ring (bicyclic) bond motifs is 1. The molecule has 24 heavy (non-hydrogen) atoms. The Morgan fingerprint density at radius 1 is 1.25 bits per heavy atom. The summed E-state index contributed by atoms with van der Waals surface area (Å²) in [5.41, 5.74) is 1.37. The highest BCUT2D eigenvalue weighted by Gasteiger charge is 2.19. The van der Waals surface area contributed by atoms with Gasteiger partial charge in [-0.05, 0) is 37.3 Å². The molecule has 1 heterocycles. The number of carbonyl (C=O) groups is 1. The number of furan rings is 1. The second-order valence-electron chi connectivity index (χ2n) is 5.03. The number of halogens is 3. The molecule has 0 fully saturated rings. The van der Waals surface area contributed by atoms with Crippen LogP contribution in [-0.2, 0) is 0 Å². The van der Waals surface area contributed by atoms with E-state index in [9.17, 15) is 13.6 Å². The number of rotatable bonds is 4. The van der Waals surface area contributed by atoms with Crippen LogP contribution in [0.25, 0.3) is 11.0 Å². The monoisotopic (exact) mass is 395 g/mol. The van der Waals surface area contributed by atoms with Gasteiger partial charge in [-0.3, -0.25) is 4.79 Å². The van der Waals surface area contributed by atoms with Crippen molar-refractivity contribution in [1.82, 2.24) is 0 Å². The van der Waals surface area contributed by atoms with Crippen molar-refractivity contribution in [3.05, 3.63) is 58.3 Å². The van der Waals surface area contributed by atoms with E-state index in [1.807, 2.05) is 6.07 Å². The van der Waals surface area contributed by atoms with Crippen LogP contribution in [0, 0.1) is 6.92 Å². The Balaban J connectivity index is 1.92. The Kier molecular flexibility index (Phi) is 4.53. The van der Waals surface area contributed by atoms with Crippen LogP contribution >= 0.6 is 15.9 Å². The normalized spacial score (nSPS) is 11.0. The first-order chi connectivity index (χ1) is 11.5. The van der Waals surface area contributed by atoms with Crippen molar-refractivity contribution in [2.24, 2.45) is 0 Å². The van der Waals surface area contributed by atoms with E-state index in [0.29, 0.717) is 11.1 Å². The third-order valence-electron chi connectivity index (χ3n) is 3.46. The van der Waals surface area contributed by atoms with Gasteiger partial charge in [0.1, 0.15) is 11.3 Å². The molecule has 0 radical (unpaired) electrons. The summed E-state index contributed by atoms with van der Waals surface area (Å²) in [5.74, 6) is -0.530. The number of amides is 1. The van der Waals surface area contributed by atoms with Gasteiger partial charge in [0.2, 0.25) is 0 Å². The molecule has 0 spiro atoms. The molecule has 0 atom stereocenters. The van der Waals surface area contributed by atoms with E-state index >= 15 is 0 Å². The Morgan fingerprint density at radius 2 is 2.00 bits per heavy atom. The van der Waals surface area contributed by atoms with Crippen LogP contribution in [0.1, 0.15) is 16.1 Å². The predicted octanol–water partition coefficient (Wildman–Crippen LogP) is 5.36. The van der Waals surface area contributed by atoms with Gasteiger partial charge in [0.15, 0.2) is 5.76 Å². The fourth-order valence-corrected chi connectivity index (χ4v) is 2.72. The fourth-order valence-electron chi connectivity index (χ4n) is 2.36. The zero-order valence-corrected chi connectivity index (χ0v) is 14.1. The van der Waals surface area contributed by atoms with Crippen LogP contribution < -0.4 is 10.1 Å². The first kappa shape index (κ1) is 16.4. The minimum atomic E-state index is -2.98. The molecule has 1 N–H and O–H groups in total. The van der Waals surface area contributed by atoms with E-state index in [0.717, 1.165) is 9.86 Å². The summed E-state index contributed by atoms with van der Waals surface area (Å²) in [7, 11) is 0. The maximum absolute atomic E-state index is 12.5. The second kappa shape index (κ2) is 6.60. The number of para-hydroxylation sites is 2. The molecule has 0 saturated carbocycles. The molecule has 3 aromatic rings. The van der Waals surface area contributed by atoms with Crippen LogP contribution in [0.2, 0.25) is 0 Å². The zero-order valence-electron chi connectivity index (χ0n) is 12.5. The highest BCUT2D eigenvalue weighted by Crippen LogP contribution is 2.30. The number of hydrogen-bond donors (Lipinski definition) is 1. The van der Waals surface area contributed by atoms with Gasteiger partial charge in [0.05, 0.1) is 5.69 Å². The average molecular weight is 396 g/mol. The molecule has 0 saturated heterocycles. The van der Waals surface area contributed by atoms with Crippen LogP contribution in [0.3, 0.4) is 0 Å². The van der Waals surface area contributed by atoms with Gasteiger partial charge in [0.25, 0.3) is 5.91 Å². The quantitative estimate of drug-likeness (QED) is 0.646. The number of hydrogen-bond acceptors (Lipinski definition) is 3. The maximum Gasteiger partial charge on any atom is 0.387 e. The lowest BCUT2D eigenvalue weighted by atomic mass is 10.1. The van der Waals surface area contributed by atoms with E-state index in [-0.39, 0.29) is 17.2 Å². The lowest BCUT2D eigenvalue weighted by molar-refractivity contribution is -0.0493. The molecule has 4 nitrogen and oxygen atoms in total. The number of alkyl halides is 2. The molecule has 0 bridgehead atoms. The highest BCUT2D eigenvalue weighted by atomic mass is 79.9. The molecule has 7 heteroatoms. The highest BCUT2D eigenvalue weighted by molar-refractivity contribution is 9.10. The van der Waals surface area contributed by atoms with Crippen LogP contribution in [0.5, 0.6) is 5.75 Å². The van der Waals surface area contributed by atoms with Crippen molar-refractivity contribution < 1.29 is 22.7 Å². The Morgan fingerprint density at radius 3 is 2.75 bits per heavy atom. The van der Waals surface area contributed by atoms with Crippen molar-refractivity contribution in [1.29, 1.82) is 0 Å². The van der Waals surface area contributed by atoms with Gasteiger partial charge in [0, 0.05) is 15.4 Å². The standard InChI is InChI=1S/C17H12BrF2NO3/c1-9-11-8-10(18)6-7-13(11)23-15(9)16(22)21-12-4-2-3-5-14(12)24-17(19)20/h2-8,17H,1H3,(H,21,22). The van der Waals surface area contributed by atoms with Crippen molar-refractivity contribution in [2.45, 2.75) is 13.5 Å². The lowest BCUT2D eigenvalue weighted by Gasteiger charge is -2.11. The van der Waals surface area contributed by atoms with E-state index in [4.69, 9.17) is 4.42 Å². The first-order valence-electron chi connectivity index (χ1n) is 6.99. The number of carbonyl (C=O) groups excluding carboxylic acids is 1. The van der Waals surface area contributed by atoms with E-state index in [1.54, 1.807) is 25.1 Å². The Labute approximate surface area is 144 Å². The third-order valence-corrected chi connectivity index (χ3v) is 3.95. The zero-order chi connectivity index (χ0) is 17.3. The molecular weight excluding hydrogens is 384 g/mol. The minimum absolute atomic E-state index is 0.114. The van der Waals surface area contributed by atoms with E-state index in [1.165, 1.54) is 18.2 Å². The number of ether oxygens (including phenoxy) is 1. The second-order valence-corrected chi connectivity index (χ2v) is 5.94. The fraction of sp³-hybridized carbons (Fsp3) is 0.118. The van der Waals surface area contributed by atoms with E-state index in [2.05, 4.69) is 26.0 Å². The molecule has 0 unspecified atom stereocenters. The maximum atomic E-state index is 12.5. The number of aryl methyl sites for hydroxylation is 1. The molecule has 0 aliphatic rings. The van der Waals surface area contributed by atoms with Crippen molar-refractivity contribution >= 4 is 38.5 Å². The van der Waals surface area contributed by atoms with Crippen LogP contribution in [0.4, 0.5) is 14.5 Å². The number of anilines is 1. The molecular formula is C17H12BrF2NO3. The Hall–Kier alpha value is -2.41. The van der Waals surface area contributed by atoms with Crippen LogP contribution in [0.15, 0.2) is 51.4 Å². The minimum Gasteiger partial charge on any atom is -0.451 e. The van der Waals surface area contributed by atoms with Crippen LogP contribution in [-0.4, -0.2) is 12.5 Å². The van der Waals surface area contributed by atoms with E-state index < -0.39 is 12.5 Å². The van der Waals surface area contributed by atoms with Crippen molar-refractivity contribution in [3.63, 3.8) is 0 Å².